The summed E-state index contributed by atoms with van der Waals surface area (Å²) in [6, 6.07) is 22.4. The Morgan fingerprint density at radius 2 is 1.36 bits per heavy atom. The zero-order chi connectivity index (χ0) is 19.7. The predicted molar refractivity (Wildman–Crippen MR) is 122 cm³/mol. The number of hydrogen-bond donors (Lipinski definition) is 1. The molecular formula is C23H18Cl2N2S. The number of rotatable bonds is 4. The van der Waals surface area contributed by atoms with Crippen LogP contribution in [0.15, 0.2) is 66.7 Å². The van der Waals surface area contributed by atoms with Gasteiger partial charge in [-0.25, -0.2) is 4.98 Å². The fourth-order valence-electron chi connectivity index (χ4n) is 2.87. The molecule has 0 spiro atoms. The number of benzene rings is 3. The number of nitrogens with one attached hydrogen (secondary N) is 1. The molecular weight excluding hydrogens is 407 g/mol. The van der Waals surface area contributed by atoms with Crippen LogP contribution in [-0.4, -0.2) is 4.98 Å². The van der Waals surface area contributed by atoms with E-state index in [9.17, 15) is 0 Å². The van der Waals surface area contributed by atoms with Crippen molar-refractivity contribution in [3.8, 4) is 21.7 Å². The van der Waals surface area contributed by atoms with Crippen LogP contribution in [0.3, 0.4) is 0 Å². The van der Waals surface area contributed by atoms with Crippen molar-refractivity contribution < 1.29 is 0 Å². The molecule has 0 aliphatic heterocycles. The van der Waals surface area contributed by atoms with Gasteiger partial charge in [0, 0.05) is 11.3 Å². The molecule has 0 bridgehead atoms. The maximum absolute atomic E-state index is 6.26. The Hall–Kier alpha value is -2.33. The van der Waals surface area contributed by atoms with Gasteiger partial charge in [0.25, 0.3) is 0 Å². The first-order valence-electron chi connectivity index (χ1n) is 8.86. The summed E-state index contributed by atoms with van der Waals surface area (Å²) in [4.78, 5) is 5.96. The number of hydrogen-bond acceptors (Lipinski definition) is 3. The summed E-state index contributed by atoms with van der Waals surface area (Å²) >= 11 is 14.0. The molecule has 4 aromatic rings. The Balaban J connectivity index is 1.79. The Bertz CT molecular complexity index is 1120. The molecule has 1 aromatic heterocycles. The lowest BCUT2D eigenvalue weighted by molar-refractivity contribution is 1.37. The second kappa shape index (κ2) is 7.96. The van der Waals surface area contributed by atoms with Crippen molar-refractivity contribution in [1.82, 2.24) is 4.98 Å². The third-order valence-corrected chi connectivity index (χ3v) is 6.20. The van der Waals surface area contributed by atoms with Gasteiger partial charge >= 0.3 is 0 Å². The van der Waals surface area contributed by atoms with Gasteiger partial charge in [0.2, 0.25) is 0 Å². The molecule has 1 N–H and O–H groups in total. The van der Waals surface area contributed by atoms with E-state index in [4.69, 9.17) is 28.2 Å². The molecule has 0 fully saturated rings. The molecule has 2 nitrogen and oxygen atoms in total. The molecule has 0 radical (unpaired) electrons. The summed E-state index contributed by atoms with van der Waals surface area (Å²) in [7, 11) is 0. The molecule has 1 heterocycles. The number of aromatic nitrogens is 1. The minimum absolute atomic E-state index is 0.523. The van der Waals surface area contributed by atoms with E-state index < -0.39 is 0 Å². The molecule has 0 unspecified atom stereocenters. The van der Waals surface area contributed by atoms with Crippen molar-refractivity contribution in [2.24, 2.45) is 0 Å². The molecule has 140 valence electrons. The van der Waals surface area contributed by atoms with E-state index in [0.29, 0.717) is 10.0 Å². The van der Waals surface area contributed by atoms with Gasteiger partial charge in [0.05, 0.1) is 20.6 Å². The van der Waals surface area contributed by atoms with E-state index in [1.54, 1.807) is 11.3 Å². The summed E-state index contributed by atoms with van der Waals surface area (Å²) < 4.78 is 0. The van der Waals surface area contributed by atoms with Gasteiger partial charge < -0.3 is 5.32 Å². The van der Waals surface area contributed by atoms with Crippen molar-refractivity contribution in [3.05, 3.63) is 87.9 Å². The van der Waals surface area contributed by atoms with E-state index in [1.165, 1.54) is 11.1 Å². The summed E-state index contributed by atoms with van der Waals surface area (Å²) in [6.07, 6.45) is 0. The lowest BCUT2D eigenvalue weighted by Crippen LogP contribution is -1.89. The molecule has 3 aromatic carbocycles. The van der Waals surface area contributed by atoms with Crippen LogP contribution in [0.1, 0.15) is 11.1 Å². The van der Waals surface area contributed by atoms with Gasteiger partial charge in [-0.1, -0.05) is 88.1 Å². The first-order valence-corrected chi connectivity index (χ1v) is 10.4. The third kappa shape index (κ3) is 4.07. The fraction of sp³-hybridized carbons (Fsp3) is 0.0870. The lowest BCUT2D eigenvalue weighted by atomic mass is 10.1. The van der Waals surface area contributed by atoms with Crippen LogP contribution in [0.25, 0.3) is 21.7 Å². The van der Waals surface area contributed by atoms with Crippen LogP contribution in [0, 0.1) is 13.8 Å². The third-order valence-electron chi connectivity index (χ3n) is 4.44. The van der Waals surface area contributed by atoms with Gasteiger partial charge in [0.1, 0.15) is 0 Å². The van der Waals surface area contributed by atoms with Crippen LogP contribution in [-0.2, 0) is 0 Å². The standard InChI is InChI=1S/C23H18Cl2N2S/c1-14-3-7-16(8-4-14)22-21(17-9-12-19(24)20(25)13-17)27-23(28-22)26-18-10-5-15(2)6-11-18/h3-13H,1-2H3,(H,26,27). The molecule has 0 saturated heterocycles. The number of aryl methyl sites for hydroxylation is 2. The van der Waals surface area contributed by atoms with E-state index in [0.717, 1.165) is 32.5 Å². The topological polar surface area (TPSA) is 24.9 Å². The van der Waals surface area contributed by atoms with Gasteiger partial charge in [-0.2, -0.15) is 0 Å². The Morgan fingerprint density at radius 3 is 2.00 bits per heavy atom. The van der Waals surface area contributed by atoms with Gasteiger partial charge in [-0.3, -0.25) is 0 Å². The summed E-state index contributed by atoms with van der Waals surface area (Å²) in [5, 5.41) is 5.31. The highest BCUT2D eigenvalue weighted by Gasteiger charge is 2.16. The minimum atomic E-state index is 0.523. The summed E-state index contributed by atoms with van der Waals surface area (Å²) in [6.45, 7) is 4.16. The molecule has 0 saturated carbocycles. The first kappa shape index (κ1) is 19.0. The van der Waals surface area contributed by atoms with Gasteiger partial charge in [-0.05, 0) is 43.7 Å². The van der Waals surface area contributed by atoms with E-state index >= 15 is 0 Å². The van der Waals surface area contributed by atoms with Crippen LogP contribution < -0.4 is 5.32 Å². The van der Waals surface area contributed by atoms with Crippen molar-refractivity contribution in [2.45, 2.75) is 13.8 Å². The number of nitrogens with zero attached hydrogens (tertiary/aromatic N) is 1. The average molecular weight is 425 g/mol. The van der Waals surface area contributed by atoms with Crippen molar-refractivity contribution in [3.63, 3.8) is 0 Å². The highest BCUT2D eigenvalue weighted by Crippen LogP contribution is 2.41. The zero-order valence-electron chi connectivity index (χ0n) is 15.5. The van der Waals surface area contributed by atoms with Crippen LogP contribution in [0.5, 0.6) is 0 Å². The van der Waals surface area contributed by atoms with Crippen LogP contribution in [0.2, 0.25) is 10.0 Å². The van der Waals surface area contributed by atoms with E-state index in [1.807, 2.05) is 18.2 Å². The molecule has 4 rings (SSSR count). The number of halogens is 2. The van der Waals surface area contributed by atoms with Crippen molar-refractivity contribution >= 4 is 45.4 Å². The van der Waals surface area contributed by atoms with Gasteiger partial charge in [0.15, 0.2) is 5.13 Å². The average Bonchev–Trinajstić information content (AvgIpc) is 3.10. The Kier molecular flexibility index (Phi) is 5.40. The summed E-state index contributed by atoms with van der Waals surface area (Å²) in [5.41, 5.74) is 6.42. The monoisotopic (exact) mass is 424 g/mol. The van der Waals surface area contributed by atoms with Crippen molar-refractivity contribution in [2.75, 3.05) is 5.32 Å². The molecule has 0 atom stereocenters. The zero-order valence-corrected chi connectivity index (χ0v) is 17.8. The predicted octanol–water partition coefficient (Wildman–Crippen LogP) is 8.14. The fourth-order valence-corrected chi connectivity index (χ4v) is 4.18. The van der Waals surface area contributed by atoms with Crippen molar-refractivity contribution in [1.29, 1.82) is 0 Å². The van der Waals surface area contributed by atoms with Gasteiger partial charge in [-0.15, -0.1) is 0 Å². The van der Waals surface area contributed by atoms with Crippen LogP contribution >= 0.6 is 34.5 Å². The number of thiazole rings is 1. The molecule has 5 heteroatoms. The smallest absolute Gasteiger partial charge is 0.188 e. The Labute approximate surface area is 178 Å². The second-order valence-corrected chi connectivity index (χ2v) is 8.50. The molecule has 0 aliphatic carbocycles. The second-order valence-electron chi connectivity index (χ2n) is 6.68. The Morgan fingerprint density at radius 1 is 0.750 bits per heavy atom. The molecule has 28 heavy (non-hydrogen) atoms. The number of anilines is 2. The maximum atomic E-state index is 6.26. The quantitative estimate of drug-likeness (QED) is 0.357. The molecule has 0 amide bonds. The maximum Gasteiger partial charge on any atom is 0.188 e. The molecule has 0 aliphatic rings. The largest absolute Gasteiger partial charge is 0.332 e. The van der Waals surface area contributed by atoms with E-state index in [-0.39, 0.29) is 0 Å². The van der Waals surface area contributed by atoms with Crippen LogP contribution in [0.4, 0.5) is 10.8 Å². The lowest BCUT2D eigenvalue weighted by Gasteiger charge is -2.05. The highest BCUT2D eigenvalue weighted by atomic mass is 35.5. The normalized spacial score (nSPS) is 10.9. The summed E-state index contributed by atoms with van der Waals surface area (Å²) in [5.74, 6) is 0. The SMILES string of the molecule is Cc1ccc(Nc2nc(-c3ccc(Cl)c(Cl)c3)c(-c3ccc(C)cc3)s2)cc1. The highest BCUT2D eigenvalue weighted by molar-refractivity contribution is 7.19. The van der Waals surface area contributed by atoms with E-state index in [2.05, 4.69) is 67.7 Å². The first-order chi connectivity index (χ1) is 13.5. The minimum Gasteiger partial charge on any atom is -0.332 e.